The Kier molecular flexibility index (Phi) is 9.34. The normalized spacial score (nSPS) is 37.8. The second-order valence-electron chi connectivity index (χ2n) is 9.59. The van der Waals surface area contributed by atoms with Gasteiger partial charge in [0.05, 0.1) is 24.1 Å². The summed E-state index contributed by atoms with van der Waals surface area (Å²) in [4.78, 5) is 15.7. The number of aliphatic hydroxyl groups is 3. The van der Waals surface area contributed by atoms with Crippen LogP contribution in [0, 0.1) is 5.92 Å². The number of amides is 1. The zero-order valence-electron chi connectivity index (χ0n) is 20.0. The fourth-order valence-electron chi connectivity index (χ4n) is 5.23. The molecule has 1 aromatic rings. The summed E-state index contributed by atoms with van der Waals surface area (Å²) in [6.45, 7) is 5.31. The maximum absolute atomic E-state index is 13.4. The van der Waals surface area contributed by atoms with Crippen LogP contribution in [0.4, 0.5) is 0 Å². The van der Waals surface area contributed by atoms with Gasteiger partial charge in [0.15, 0.2) is 0 Å². The van der Waals surface area contributed by atoms with Crippen molar-refractivity contribution in [2.45, 2.75) is 66.9 Å². The number of aliphatic hydroxyl groups excluding tert-OH is 3. The fourth-order valence-corrected chi connectivity index (χ4v) is 6.11. The summed E-state index contributed by atoms with van der Waals surface area (Å²) >= 11 is 7.63. The van der Waals surface area contributed by atoms with Crippen LogP contribution >= 0.6 is 23.4 Å². The first-order valence-corrected chi connectivity index (χ1v) is 13.8. The van der Waals surface area contributed by atoms with Gasteiger partial charge in [0.25, 0.3) is 0 Å². The Balaban J connectivity index is 1.40. The highest BCUT2D eigenvalue weighted by atomic mass is 35.5. The number of alkyl halides is 1. The number of ether oxygens (including phenoxy) is 2. The van der Waals surface area contributed by atoms with Crippen LogP contribution in [0.25, 0.3) is 0 Å². The van der Waals surface area contributed by atoms with Crippen molar-refractivity contribution in [3.05, 3.63) is 35.9 Å². The SMILES string of the molecule is CSC1O[C@H]([C@H](NC(=O)[C@H]2NC[C@@H]3CN(Cc4ccccc4)CCO[C@H]32)[C@H](C)Cl)C(O)C(O)[C@H]1O. The zero-order chi connectivity index (χ0) is 25.1. The summed E-state index contributed by atoms with van der Waals surface area (Å²) in [5.41, 5.74) is 0.495. The molecule has 3 unspecified atom stereocenters. The molecule has 196 valence electrons. The fraction of sp³-hybridized carbons (Fsp3) is 0.708. The average Bonchev–Trinajstić information content (AvgIpc) is 3.13. The van der Waals surface area contributed by atoms with Crippen LogP contribution in [0.5, 0.6) is 0 Å². The Morgan fingerprint density at radius 2 is 2.00 bits per heavy atom. The van der Waals surface area contributed by atoms with E-state index in [9.17, 15) is 20.1 Å². The van der Waals surface area contributed by atoms with Crippen molar-refractivity contribution in [2.75, 3.05) is 32.5 Å². The lowest BCUT2D eigenvalue weighted by Gasteiger charge is -2.44. The van der Waals surface area contributed by atoms with Gasteiger partial charge in [-0.15, -0.1) is 23.4 Å². The average molecular weight is 530 g/mol. The molecular formula is C24H36ClN3O6S. The Hall–Kier alpha value is -0.950. The van der Waals surface area contributed by atoms with E-state index in [-0.39, 0.29) is 17.9 Å². The molecule has 11 heteroatoms. The molecule has 1 aromatic carbocycles. The lowest BCUT2D eigenvalue weighted by molar-refractivity contribution is -0.205. The largest absolute Gasteiger partial charge is 0.388 e. The topological polar surface area (TPSA) is 124 Å². The lowest BCUT2D eigenvalue weighted by atomic mass is 9.92. The molecule has 3 saturated heterocycles. The van der Waals surface area contributed by atoms with Gasteiger partial charge in [-0.05, 0) is 18.7 Å². The van der Waals surface area contributed by atoms with Gasteiger partial charge < -0.3 is 35.4 Å². The number of halogens is 1. The van der Waals surface area contributed by atoms with Crippen molar-refractivity contribution in [2.24, 2.45) is 5.92 Å². The van der Waals surface area contributed by atoms with Gasteiger partial charge in [-0.2, -0.15) is 0 Å². The van der Waals surface area contributed by atoms with Crippen LogP contribution in [0.2, 0.25) is 0 Å². The van der Waals surface area contributed by atoms with Crippen LogP contribution in [-0.4, -0.2) is 112 Å². The minimum absolute atomic E-state index is 0.151. The van der Waals surface area contributed by atoms with Gasteiger partial charge in [-0.25, -0.2) is 0 Å². The van der Waals surface area contributed by atoms with E-state index < -0.39 is 47.3 Å². The lowest BCUT2D eigenvalue weighted by Crippen LogP contribution is -2.65. The van der Waals surface area contributed by atoms with Crippen LogP contribution < -0.4 is 10.6 Å². The van der Waals surface area contributed by atoms with Crippen molar-refractivity contribution < 1.29 is 29.6 Å². The molecule has 35 heavy (non-hydrogen) atoms. The van der Waals surface area contributed by atoms with E-state index in [1.54, 1.807) is 13.2 Å². The quantitative estimate of drug-likeness (QED) is 0.304. The van der Waals surface area contributed by atoms with Crippen molar-refractivity contribution in [1.82, 2.24) is 15.5 Å². The van der Waals surface area contributed by atoms with E-state index in [0.717, 1.165) is 19.6 Å². The Morgan fingerprint density at radius 3 is 2.69 bits per heavy atom. The van der Waals surface area contributed by atoms with Gasteiger partial charge >= 0.3 is 0 Å². The van der Waals surface area contributed by atoms with Crippen molar-refractivity contribution in [3.63, 3.8) is 0 Å². The Bertz CT molecular complexity index is 837. The van der Waals surface area contributed by atoms with Crippen LogP contribution in [0.3, 0.4) is 0 Å². The third-order valence-electron chi connectivity index (χ3n) is 7.13. The third kappa shape index (κ3) is 6.14. The van der Waals surface area contributed by atoms with E-state index >= 15 is 0 Å². The second-order valence-corrected chi connectivity index (χ2v) is 11.2. The molecule has 0 bridgehead atoms. The molecular weight excluding hydrogens is 494 g/mol. The summed E-state index contributed by atoms with van der Waals surface area (Å²) in [6.07, 6.45) is -3.57. The second kappa shape index (κ2) is 12.1. The van der Waals surface area contributed by atoms with Crippen LogP contribution in [0.15, 0.2) is 30.3 Å². The molecule has 0 saturated carbocycles. The Morgan fingerprint density at radius 1 is 1.26 bits per heavy atom. The van der Waals surface area contributed by atoms with Crippen LogP contribution in [0.1, 0.15) is 12.5 Å². The van der Waals surface area contributed by atoms with Gasteiger partial charge in [-0.3, -0.25) is 9.69 Å². The molecule has 1 amide bonds. The molecule has 0 radical (unpaired) electrons. The van der Waals surface area contributed by atoms with Gasteiger partial charge in [-0.1, -0.05) is 30.3 Å². The molecule has 9 nitrogen and oxygen atoms in total. The van der Waals surface area contributed by atoms with E-state index in [1.807, 2.05) is 18.2 Å². The number of benzene rings is 1. The third-order valence-corrected chi connectivity index (χ3v) is 8.26. The number of fused-ring (bicyclic) bond motifs is 1. The summed E-state index contributed by atoms with van der Waals surface area (Å²) in [5.74, 6) is -0.137. The molecule has 5 N–H and O–H groups in total. The number of thioether (sulfide) groups is 1. The molecule has 4 rings (SSSR count). The molecule has 0 aliphatic carbocycles. The standard InChI is InChI=1S/C24H36ClN3O6S/c1-13(25)16(22-19(30)18(29)20(31)24(34-22)35-2)27-23(32)17-21-15(10-26-17)12-28(8-9-33-21)11-14-6-4-3-5-7-14/h3-7,13,15-22,24,26,29-31H,8-12H2,1-2H3,(H,27,32)/t13-,15+,16+,17-,18?,19?,20+,21+,22+,24?/m0/s1. The van der Waals surface area contributed by atoms with Crippen molar-refractivity contribution >= 4 is 29.3 Å². The Labute approximate surface area is 215 Å². The monoisotopic (exact) mass is 529 g/mol. The number of carbonyl (C=O) groups excluding carboxylic acids is 1. The molecule has 3 fully saturated rings. The number of carbonyl (C=O) groups is 1. The van der Waals surface area contributed by atoms with Crippen molar-refractivity contribution in [3.8, 4) is 0 Å². The molecule has 3 aliphatic rings. The van der Waals surface area contributed by atoms with E-state index in [1.165, 1.54) is 17.3 Å². The number of nitrogens with one attached hydrogen (secondary N) is 2. The van der Waals surface area contributed by atoms with Gasteiger partial charge in [0.1, 0.15) is 35.9 Å². The number of nitrogens with zero attached hydrogens (tertiary/aromatic N) is 1. The molecule has 10 atom stereocenters. The first kappa shape index (κ1) is 27.1. The first-order chi connectivity index (χ1) is 16.8. The maximum atomic E-state index is 13.4. The smallest absolute Gasteiger partial charge is 0.240 e. The van der Waals surface area contributed by atoms with E-state index in [4.69, 9.17) is 21.1 Å². The minimum Gasteiger partial charge on any atom is -0.388 e. The molecule has 3 heterocycles. The highest BCUT2D eigenvalue weighted by Crippen LogP contribution is 2.31. The summed E-state index contributed by atoms with van der Waals surface area (Å²) in [7, 11) is 0. The maximum Gasteiger partial charge on any atom is 0.240 e. The zero-order valence-corrected chi connectivity index (χ0v) is 21.6. The van der Waals surface area contributed by atoms with Gasteiger partial charge in [0.2, 0.25) is 5.91 Å². The molecule has 0 aromatic heterocycles. The van der Waals surface area contributed by atoms with Gasteiger partial charge in [0, 0.05) is 32.1 Å². The highest BCUT2D eigenvalue weighted by Gasteiger charge is 2.49. The van der Waals surface area contributed by atoms with Crippen LogP contribution in [-0.2, 0) is 20.8 Å². The number of hydrogen-bond donors (Lipinski definition) is 5. The van der Waals surface area contributed by atoms with Crippen molar-refractivity contribution in [1.29, 1.82) is 0 Å². The van der Waals surface area contributed by atoms with E-state index in [0.29, 0.717) is 13.2 Å². The first-order valence-electron chi connectivity index (χ1n) is 12.1. The summed E-state index contributed by atoms with van der Waals surface area (Å²) < 4.78 is 12.0. The highest BCUT2D eigenvalue weighted by molar-refractivity contribution is 7.99. The molecule has 3 aliphatic heterocycles. The predicted octanol–water partition coefficient (Wildman–Crippen LogP) is -0.242. The number of rotatable bonds is 7. The summed E-state index contributed by atoms with van der Waals surface area (Å²) in [5, 5.41) is 36.7. The number of hydrogen-bond acceptors (Lipinski definition) is 9. The predicted molar refractivity (Wildman–Crippen MR) is 134 cm³/mol. The molecule has 0 spiro atoms. The minimum atomic E-state index is -1.41. The van der Waals surface area contributed by atoms with E-state index in [2.05, 4.69) is 27.7 Å². The summed E-state index contributed by atoms with van der Waals surface area (Å²) in [6, 6.07) is 8.95.